The molecule has 128 valence electrons. The number of anilines is 1. The number of hydrogen-bond acceptors (Lipinski definition) is 6. The van der Waals surface area contributed by atoms with Crippen LogP contribution in [0.5, 0.6) is 0 Å². The van der Waals surface area contributed by atoms with E-state index in [4.69, 9.17) is 4.74 Å². The van der Waals surface area contributed by atoms with Crippen molar-refractivity contribution in [3.05, 3.63) is 36.5 Å². The second-order valence-electron chi connectivity index (χ2n) is 5.79. The summed E-state index contributed by atoms with van der Waals surface area (Å²) in [5.74, 6) is -0.133. The van der Waals surface area contributed by atoms with E-state index in [0.717, 1.165) is 37.7 Å². The van der Waals surface area contributed by atoms with Gasteiger partial charge in [0.2, 0.25) is 0 Å². The largest absolute Gasteiger partial charge is 0.465 e. The lowest BCUT2D eigenvalue weighted by molar-refractivity contribution is -0.144. The molecule has 1 saturated heterocycles. The molecule has 1 fully saturated rings. The fourth-order valence-corrected chi connectivity index (χ4v) is 3.83. The summed E-state index contributed by atoms with van der Waals surface area (Å²) in [6, 6.07) is 10.3. The molecule has 0 unspecified atom stereocenters. The Morgan fingerprint density at radius 3 is 2.83 bits per heavy atom. The molecular formula is C18H23N3O2S. The molecule has 0 saturated carbocycles. The Bertz CT molecular complexity index is 659. The minimum absolute atomic E-state index is 0.133. The van der Waals surface area contributed by atoms with Crippen molar-refractivity contribution in [2.45, 2.75) is 13.3 Å². The predicted molar refractivity (Wildman–Crippen MR) is 97.5 cm³/mol. The van der Waals surface area contributed by atoms with E-state index in [9.17, 15) is 4.79 Å². The highest BCUT2D eigenvalue weighted by atomic mass is 32.1. The minimum Gasteiger partial charge on any atom is -0.465 e. The van der Waals surface area contributed by atoms with Crippen LogP contribution in [0.1, 0.15) is 13.3 Å². The van der Waals surface area contributed by atoms with Gasteiger partial charge in [0.25, 0.3) is 0 Å². The molecule has 0 atom stereocenters. The number of hydrogen-bond donors (Lipinski definition) is 0. The molecule has 0 N–H and O–H groups in total. The average molecular weight is 345 g/mol. The van der Waals surface area contributed by atoms with Gasteiger partial charge in [-0.25, -0.2) is 4.98 Å². The van der Waals surface area contributed by atoms with Crippen LogP contribution in [0.15, 0.2) is 36.5 Å². The van der Waals surface area contributed by atoms with Crippen LogP contribution in [0.3, 0.4) is 0 Å². The molecule has 3 rings (SSSR count). The maximum absolute atomic E-state index is 11.6. The zero-order valence-corrected chi connectivity index (χ0v) is 14.8. The van der Waals surface area contributed by atoms with Crippen molar-refractivity contribution in [2.75, 3.05) is 44.2 Å². The Morgan fingerprint density at radius 2 is 2.04 bits per heavy atom. The van der Waals surface area contributed by atoms with Crippen molar-refractivity contribution in [3.63, 3.8) is 0 Å². The van der Waals surface area contributed by atoms with Crippen molar-refractivity contribution in [1.82, 2.24) is 9.88 Å². The van der Waals surface area contributed by atoms with Gasteiger partial charge in [0.05, 0.1) is 18.0 Å². The first kappa shape index (κ1) is 16.9. The molecule has 0 spiro atoms. The first-order valence-electron chi connectivity index (χ1n) is 8.40. The van der Waals surface area contributed by atoms with Gasteiger partial charge < -0.3 is 9.64 Å². The third-order valence-electron chi connectivity index (χ3n) is 4.07. The minimum atomic E-state index is -0.133. The SMILES string of the molecule is CCOC(=O)CN1CCCN(c2ncc(-c3ccccc3)s2)CC1. The van der Waals surface area contributed by atoms with Gasteiger partial charge in [0.15, 0.2) is 5.13 Å². The maximum atomic E-state index is 11.6. The van der Waals surface area contributed by atoms with Crippen molar-refractivity contribution < 1.29 is 9.53 Å². The monoisotopic (exact) mass is 345 g/mol. The molecule has 1 aromatic carbocycles. The number of benzene rings is 1. The Morgan fingerprint density at radius 1 is 1.21 bits per heavy atom. The zero-order valence-electron chi connectivity index (χ0n) is 14.0. The van der Waals surface area contributed by atoms with Crippen LogP contribution in [-0.2, 0) is 9.53 Å². The second-order valence-corrected chi connectivity index (χ2v) is 6.80. The van der Waals surface area contributed by atoms with Crippen molar-refractivity contribution in [3.8, 4) is 10.4 Å². The summed E-state index contributed by atoms with van der Waals surface area (Å²) in [5.41, 5.74) is 1.21. The van der Waals surface area contributed by atoms with Gasteiger partial charge in [-0.1, -0.05) is 41.7 Å². The van der Waals surface area contributed by atoms with Crippen LogP contribution < -0.4 is 4.90 Å². The number of thiazole rings is 1. The number of rotatable bonds is 5. The number of carbonyl (C=O) groups is 1. The number of ether oxygens (including phenoxy) is 1. The lowest BCUT2D eigenvalue weighted by Gasteiger charge is -2.20. The summed E-state index contributed by atoms with van der Waals surface area (Å²) < 4.78 is 5.04. The highest BCUT2D eigenvalue weighted by Gasteiger charge is 2.19. The van der Waals surface area contributed by atoms with Crippen LogP contribution in [0.4, 0.5) is 5.13 Å². The fraction of sp³-hybridized carbons (Fsp3) is 0.444. The van der Waals surface area contributed by atoms with E-state index in [1.54, 1.807) is 11.3 Å². The standard InChI is InChI=1S/C18H23N3O2S/c1-2-23-17(22)14-20-9-6-10-21(12-11-20)18-19-13-16(24-18)15-7-4-3-5-8-15/h3-5,7-8,13H,2,6,9-12,14H2,1H3. The summed E-state index contributed by atoms with van der Waals surface area (Å²) in [7, 11) is 0. The summed E-state index contributed by atoms with van der Waals surface area (Å²) in [5, 5.41) is 1.06. The second kappa shape index (κ2) is 8.26. The number of aromatic nitrogens is 1. The first-order chi connectivity index (χ1) is 11.8. The van der Waals surface area contributed by atoms with Gasteiger partial charge in [-0.05, 0) is 18.9 Å². The molecule has 6 heteroatoms. The van der Waals surface area contributed by atoms with Gasteiger partial charge >= 0.3 is 5.97 Å². The van der Waals surface area contributed by atoms with Crippen LogP contribution >= 0.6 is 11.3 Å². The molecule has 2 heterocycles. The lowest BCUT2D eigenvalue weighted by Crippen LogP contribution is -2.34. The van der Waals surface area contributed by atoms with Crippen LogP contribution in [-0.4, -0.2) is 55.2 Å². The molecule has 24 heavy (non-hydrogen) atoms. The molecule has 0 radical (unpaired) electrons. The molecule has 0 amide bonds. The van der Waals surface area contributed by atoms with Gasteiger partial charge in [-0.2, -0.15) is 0 Å². The molecule has 5 nitrogen and oxygen atoms in total. The Labute approximate surface area is 146 Å². The van der Waals surface area contributed by atoms with E-state index < -0.39 is 0 Å². The summed E-state index contributed by atoms with van der Waals surface area (Å²) in [4.78, 5) is 21.9. The van der Waals surface area contributed by atoms with Gasteiger partial charge in [0.1, 0.15) is 0 Å². The normalized spacial score (nSPS) is 16.0. The van der Waals surface area contributed by atoms with Crippen LogP contribution in [0.2, 0.25) is 0 Å². The van der Waals surface area contributed by atoms with Crippen LogP contribution in [0.25, 0.3) is 10.4 Å². The average Bonchev–Trinajstić information content (AvgIpc) is 2.97. The maximum Gasteiger partial charge on any atom is 0.320 e. The molecule has 0 aliphatic carbocycles. The molecule has 2 aromatic rings. The highest BCUT2D eigenvalue weighted by molar-refractivity contribution is 7.18. The third kappa shape index (κ3) is 4.33. The van der Waals surface area contributed by atoms with E-state index >= 15 is 0 Å². The van der Waals surface area contributed by atoms with E-state index in [1.165, 1.54) is 10.4 Å². The smallest absolute Gasteiger partial charge is 0.320 e. The van der Waals surface area contributed by atoms with Crippen molar-refractivity contribution in [2.24, 2.45) is 0 Å². The first-order valence-corrected chi connectivity index (χ1v) is 9.22. The fourth-order valence-electron chi connectivity index (χ4n) is 2.86. The van der Waals surface area contributed by atoms with Crippen LogP contribution in [0, 0.1) is 0 Å². The Balaban J connectivity index is 1.60. The number of carbonyl (C=O) groups excluding carboxylic acids is 1. The molecule has 1 aromatic heterocycles. The Hall–Kier alpha value is -1.92. The Kier molecular flexibility index (Phi) is 5.82. The topological polar surface area (TPSA) is 45.7 Å². The van der Waals surface area contributed by atoms with Crippen molar-refractivity contribution in [1.29, 1.82) is 0 Å². The van der Waals surface area contributed by atoms with E-state index in [2.05, 4.69) is 26.9 Å². The predicted octanol–water partition coefficient (Wildman–Crippen LogP) is 2.89. The van der Waals surface area contributed by atoms with Crippen molar-refractivity contribution >= 4 is 22.4 Å². The quantitative estimate of drug-likeness (QED) is 0.780. The third-order valence-corrected chi connectivity index (χ3v) is 5.18. The molecule has 0 bridgehead atoms. The summed E-state index contributed by atoms with van der Waals surface area (Å²) in [6.45, 7) is 6.32. The number of nitrogens with zero attached hydrogens (tertiary/aromatic N) is 3. The lowest BCUT2D eigenvalue weighted by atomic mass is 10.2. The molecule has 1 aliphatic rings. The van der Waals surface area contributed by atoms with E-state index in [0.29, 0.717) is 13.2 Å². The van der Waals surface area contributed by atoms with Gasteiger partial charge in [-0.15, -0.1) is 0 Å². The molecule has 1 aliphatic heterocycles. The summed E-state index contributed by atoms with van der Waals surface area (Å²) >= 11 is 1.73. The van der Waals surface area contributed by atoms with Gasteiger partial charge in [0, 0.05) is 32.4 Å². The number of esters is 1. The molecular weight excluding hydrogens is 322 g/mol. The van der Waals surface area contributed by atoms with Gasteiger partial charge in [-0.3, -0.25) is 9.69 Å². The highest BCUT2D eigenvalue weighted by Crippen LogP contribution is 2.31. The van der Waals surface area contributed by atoms with E-state index in [1.807, 2.05) is 31.3 Å². The van der Waals surface area contributed by atoms with E-state index in [-0.39, 0.29) is 5.97 Å². The zero-order chi connectivity index (χ0) is 16.8. The summed E-state index contributed by atoms with van der Waals surface area (Å²) in [6.07, 6.45) is 2.98.